The molecule has 3 aliphatic rings. The molecule has 2 saturated carbocycles. The van der Waals surface area contributed by atoms with E-state index in [1.54, 1.807) is 30.1 Å². The van der Waals surface area contributed by atoms with E-state index in [9.17, 15) is 26.6 Å². The molecule has 46 heavy (non-hydrogen) atoms. The molecule has 2 fully saturated rings. The predicted octanol–water partition coefficient (Wildman–Crippen LogP) is 5.32. The van der Waals surface area contributed by atoms with Crippen LogP contribution in [-0.2, 0) is 29.4 Å². The van der Waals surface area contributed by atoms with Gasteiger partial charge in [0.25, 0.3) is 0 Å². The second-order valence-electron chi connectivity index (χ2n) is 12.4. The number of aromatic nitrogens is 6. The molecule has 3 aliphatic carbocycles. The Morgan fingerprint density at radius 2 is 1.89 bits per heavy atom. The highest BCUT2D eigenvalue weighted by Crippen LogP contribution is 2.52. The lowest BCUT2D eigenvalue weighted by molar-refractivity contribution is -0.137. The number of fused-ring (bicyclic) bond motifs is 2. The van der Waals surface area contributed by atoms with Crippen molar-refractivity contribution in [1.29, 1.82) is 0 Å². The highest BCUT2D eigenvalue weighted by Gasteiger charge is 2.52. The number of halogens is 4. The molecule has 7 rings (SSSR count). The minimum Gasteiger partial charge on any atom is -0.291 e. The maximum Gasteiger partial charge on any atom is 0.416 e. The zero-order chi connectivity index (χ0) is 32.4. The van der Waals surface area contributed by atoms with Gasteiger partial charge in [0.05, 0.1) is 44.5 Å². The minimum absolute atomic E-state index is 0.156. The van der Waals surface area contributed by atoms with Gasteiger partial charge in [0.15, 0.2) is 10.8 Å². The first kappa shape index (κ1) is 30.5. The molecule has 3 aromatic heterocycles. The van der Waals surface area contributed by atoms with Crippen LogP contribution in [0, 0.1) is 17.2 Å². The van der Waals surface area contributed by atoms with E-state index < -0.39 is 38.7 Å². The summed E-state index contributed by atoms with van der Waals surface area (Å²) in [4.78, 5) is 20.1. The number of Topliss-reactive ketones (excluding diaryl/α,β-unsaturated/α-hetero) is 1. The molecule has 240 valence electrons. The number of benzene rings is 1. The van der Waals surface area contributed by atoms with Gasteiger partial charge in [0.1, 0.15) is 11.5 Å². The van der Waals surface area contributed by atoms with Gasteiger partial charge < -0.3 is 0 Å². The van der Waals surface area contributed by atoms with E-state index in [0.717, 1.165) is 42.4 Å². The normalized spacial score (nSPS) is 22.6. The summed E-state index contributed by atoms with van der Waals surface area (Å²) in [6.07, 6.45) is 4.57. The average Bonchev–Trinajstić information content (AvgIpc) is 3.60. The Hall–Kier alpha value is -4.17. The molecule has 9 nitrogen and oxygen atoms in total. The summed E-state index contributed by atoms with van der Waals surface area (Å²) < 4.78 is 72.8. The topological polar surface area (TPSA) is 98.8 Å². The Labute approximate surface area is 263 Å². The van der Waals surface area contributed by atoms with Gasteiger partial charge in [-0.2, -0.15) is 28.2 Å². The SMILES string of the molecule is C=S(=O)(c1cnn(C)n1)N(CC1CC1)[C@H]1CCC2=Cc3c(cnn3-c3ccc(F)cc3)C[C@]2(C(=O)c2cc(C(F)(F)F)ccn2)C1. The van der Waals surface area contributed by atoms with Crippen LogP contribution in [0.3, 0.4) is 0 Å². The molecule has 0 saturated heterocycles. The molecule has 0 bridgehead atoms. The Morgan fingerprint density at radius 1 is 1.13 bits per heavy atom. The van der Waals surface area contributed by atoms with Gasteiger partial charge in [0.2, 0.25) is 0 Å². The standard InChI is InChI=1S/C32H31F4N7O2S/c1-41-38-18-29(40-41)46(2,45)42(19-20-3-4-20)26-8-5-22-14-28-21(17-39-43(28)25-9-6-24(33)7-10-25)15-31(22,16-26)30(44)27-13-23(11-12-37-27)32(34,35)36/h6-7,9-14,17-18,20,26H,2-5,8,15-16,19H2,1H3/t26-,31-,46?/m0/s1. The zero-order valence-corrected chi connectivity index (χ0v) is 25.8. The lowest BCUT2D eigenvalue weighted by Gasteiger charge is -2.47. The number of hydrogen-bond acceptors (Lipinski definition) is 6. The second-order valence-corrected chi connectivity index (χ2v) is 14.5. The number of ketones is 1. The van der Waals surface area contributed by atoms with Crippen molar-refractivity contribution in [2.24, 2.45) is 18.4 Å². The van der Waals surface area contributed by atoms with Crippen LogP contribution in [0.15, 0.2) is 65.6 Å². The van der Waals surface area contributed by atoms with E-state index in [0.29, 0.717) is 36.6 Å². The zero-order valence-electron chi connectivity index (χ0n) is 25.0. The summed E-state index contributed by atoms with van der Waals surface area (Å²) in [5.41, 5.74) is 0.286. The van der Waals surface area contributed by atoms with Crippen LogP contribution in [-0.4, -0.2) is 62.5 Å². The van der Waals surface area contributed by atoms with Crippen molar-refractivity contribution in [3.8, 4) is 5.69 Å². The van der Waals surface area contributed by atoms with Crippen molar-refractivity contribution in [1.82, 2.24) is 34.1 Å². The Kier molecular flexibility index (Phi) is 7.27. The van der Waals surface area contributed by atoms with E-state index in [1.165, 1.54) is 23.1 Å². The van der Waals surface area contributed by atoms with Gasteiger partial charge in [0, 0.05) is 25.8 Å². The third kappa shape index (κ3) is 5.36. The van der Waals surface area contributed by atoms with Crippen LogP contribution in [0.2, 0.25) is 0 Å². The fourth-order valence-corrected chi connectivity index (χ4v) is 8.56. The Balaban J connectivity index is 1.33. The van der Waals surface area contributed by atoms with Gasteiger partial charge >= 0.3 is 6.18 Å². The Morgan fingerprint density at radius 3 is 2.57 bits per heavy atom. The molecule has 3 atom stereocenters. The van der Waals surface area contributed by atoms with E-state index in [-0.39, 0.29) is 29.4 Å². The van der Waals surface area contributed by atoms with Gasteiger partial charge in [-0.1, -0.05) is 5.57 Å². The summed E-state index contributed by atoms with van der Waals surface area (Å²) >= 11 is 0. The number of carbonyl (C=O) groups excluding carboxylic acids is 1. The van der Waals surface area contributed by atoms with Crippen molar-refractivity contribution in [3.05, 3.63) is 88.9 Å². The number of hydrogen-bond donors (Lipinski definition) is 0. The summed E-state index contributed by atoms with van der Waals surface area (Å²) in [6.45, 7) is 0.489. The monoisotopic (exact) mass is 653 g/mol. The van der Waals surface area contributed by atoms with Crippen LogP contribution in [0.1, 0.15) is 59.4 Å². The molecule has 0 radical (unpaired) electrons. The minimum atomic E-state index is -4.66. The van der Waals surface area contributed by atoms with E-state index in [4.69, 9.17) is 0 Å². The molecule has 1 unspecified atom stereocenters. The third-order valence-electron chi connectivity index (χ3n) is 9.29. The maximum absolute atomic E-state index is 14.6. The lowest BCUT2D eigenvalue weighted by Crippen LogP contribution is -2.51. The first-order valence-corrected chi connectivity index (χ1v) is 16.7. The number of allylic oxidation sites excluding steroid dienone is 1. The van der Waals surface area contributed by atoms with Crippen molar-refractivity contribution in [2.75, 3.05) is 6.54 Å². The maximum atomic E-state index is 14.6. The molecule has 0 amide bonds. The third-order valence-corrected chi connectivity index (χ3v) is 11.3. The van der Waals surface area contributed by atoms with Crippen molar-refractivity contribution in [3.63, 3.8) is 0 Å². The van der Waals surface area contributed by atoms with Crippen LogP contribution in [0.4, 0.5) is 17.6 Å². The fourth-order valence-electron chi connectivity index (χ4n) is 6.75. The van der Waals surface area contributed by atoms with Gasteiger partial charge in [-0.3, -0.25) is 9.78 Å². The van der Waals surface area contributed by atoms with Crippen LogP contribution in [0.5, 0.6) is 0 Å². The van der Waals surface area contributed by atoms with Crippen molar-refractivity contribution in [2.45, 2.75) is 55.8 Å². The number of nitrogens with zero attached hydrogens (tertiary/aromatic N) is 7. The van der Waals surface area contributed by atoms with E-state index in [2.05, 4.69) is 26.2 Å². The molecule has 14 heteroatoms. The smallest absolute Gasteiger partial charge is 0.291 e. The first-order chi connectivity index (χ1) is 21.8. The van der Waals surface area contributed by atoms with E-state index in [1.807, 2.05) is 10.4 Å². The van der Waals surface area contributed by atoms with Gasteiger partial charge in [-0.25, -0.2) is 17.6 Å². The molecule has 0 spiro atoms. The largest absolute Gasteiger partial charge is 0.416 e. The number of aryl methyl sites for hydroxylation is 1. The molecule has 4 aromatic rings. The van der Waals surface area contributed by atoms with Crippen LogP contribution < -0.4 is 0 Å². The van der Waals surface area contributed by atoms with Crippen LogP contribution in [0.25, 0.3) is 11.8 Å². The molecular weight excluding hydrogens is 622 g/mol. The number of carbonyl (C=O) groups is 1. The molecule has 3 heterocycles. The molecule has 0 aliphatic heterocycles. The lowest BCUT2D eigenvalue weighted by atomic mass is 9.60. The van der Waals surface area contributed by atoms with Gasteiger partial charge in [-0.05, 0) is 98.4 Å². The summed E-state index contributed by atoms with van der Waals surface area (Å²) in [7, 11) is -1.49. The predicted molar refractivity (Wildman–Crippen MR) is 163 cm³/mol. The quantitative estimate of drug-likeness (QED) is 0.145. The molecule has 1 aromatic carbocycles. The first-order valence-electron chi connectivity index (χ1n) is 15.0. The highest BCUT2D eigenvalue weighted by molar-refractivity contribution is 7.98. The Bertz CT molecular complexity index is 1960. The fraction of sp³-hybridized carbons (Fsp3) is 0.375. The van der Waals surface area contributed by atoms with E-state index >= 15 is 0 Å². The summed E-state index contributed by atoms with van der Waals surface area (Å²) in [5, 5.41) is 13.2. The van der Waals surface area contributed by atoms with Crippen molar-refractivity contribution >= 4 is 27.4 Å². The number of alkyl halides is 3. The molecule has 0 N–H and O–H groups in total. The molecular formula is C32H31F4N7O2S. The summed E-state index contributed by atoms with van der Waals surface area (Å²) in [5.74, 6) is 3.52. The summed E-state index contributed by atoms with van der Waals surface area (Å²) in [6, 6.07) is 7.13. The number of pyridine rings is 1. The van der Waals surface area contributed by atoms with Crippen LogP contribution >= 0.6 is 0 Å². The second kappa shape index (κ2) is 11.0. The number of rotatable bonds is 8. The average molecular weight is 654 g/mol. The van der Waals surface area contributed by atoms with Gasteiger partial charge in [-0.15, -0.1) is 5.10 Å². The highest BCUT2D eigenvalue weighted by atomic mass is 32.2. The van der Waals surface area contributed by atoms with Crippen molar-refractivity contribution < 1.29 is 26.6 Å².